The van der Waals surface area contributed by atoms with Crippen LogP contribution in [-0.2, 0) is 4.79 Å². The average Bonchev–Trinajstić information content (AvgIpc) is 3.13. The van der Waals surface area contributed by atoms with Gasteiger partial charge in [-0.3, -0.25) is 9.69 Å². The van der Waals surface area contributed by atoms with Gasteiger partial charge in [0.25, 0.3) is 0 Å². The number of hydrogen-bond acceptors (Lipinski definition) is 4. The van der Waals surface area contributed by atoms with Gasteiger partial charge in [0.15, 0.2) is 0 Å². The van der Waals surface area contributed by atoms with E-state index in [1.54, 1.807) is 7.11 Å². The monoisotopic (exact) mass is 367 g/mol. The first-order chi connectivity index (χ1) is 11.8. The number of ether oxygens (including phenoxy) is 1. The van der Waals surface area contributed by atoms with Gasteiger partial charge in [0.1, 0.15) is 5.75 Å². The summed E-state index contributed by atoms with van der Waals surface area (Å²) in [6.07, 6.45) is 5.35. The van der Waals surface area contributed by atoms with E-state index in [0.717, 1.165) is 44.8 Å². The van der Waals surface area contributed by atoms with Crippen molar-refractivity contribution in [2.24, 2.45) is 0 Å². The van der Waals surface area contributed by atoms with E-state index in [9.17, 15) is 4.79 Å². The topological polar surface area (TPSA) is 53.6 Å². The molecule has 1 heterocycles. The fourth-order valence-electron chi connectivity index (χ4n) is 3.88. The van der Waals surface area contributed by atoms with Crippen molar-refractivity contribution in [3.8, 4) is 5.75 Å². The summed E-state index contributed by atoms with van der Waals surface area (Å²) in [4.78, 5) is 14.6. The molecule has 5 nitrogen and oxygen atoms in total. The molecular formula is C19H30ClN3O2. The molecule has 1 aliphatic heterocycles. The second-order valence-electron chi connectivity index (χ2n) is 6.80. The normalized spacial score (nSPS) is 21.6. The lowest BCUT2D eigenvalue weighted by molar-refractivity contribution is -0.122. The molecule has 1 saturated heterocycles. The summed E-state index contributed by atoms with van der Waals surface area (Å²) in [5.41, 5.74) is 1.20. The first-order valence-electron chi connectivity index (χ1n) is 9.15. The number of halogens is 1. The molecule has 1 aromatic carbocycles. The van der Waals surface area contributed by atoms with Crippen molar-refractivity contribution in [3.05, 3.63) is 29.8 Å². The third-order valence-electron chi connectivity index (χ3n) is 5.20. The van der Waals surface area contributed by atoms with Crippen LogP contribution in [0.4, 0.5) is 0 Å². The number of nitrogens with one attached hydrogen (secondary N) is 2. The predicted octanol–water partition coefficient (Wildman–Crippen LogP) is 2.51. The van der Waals surface area contributed by atoms with E-state index in [0.29, 0.717) is 12.5 Å². The zero-order chi connectivity index (χ0) is 16.8. The lowest BCUT2D eigenvalue weighted by Gasteiger charge is -2.37. The molecule has 0 spiro atoms. The summed E-state index contributed by atoms with van der Waals surface area (Å²) in [7, 11) is 1.72. The van der Waals surface area contributed by atoms with Crippen LogP contribution in [0.25, 0.3) is 0 Å². The fraction of sp³-hybridized carbons (Fsp3) is 0.632. The summed E-state index contributed by atoms with van der Waals surface area (Å²) < 4.78 is 5.53. The lowest BCUT2D eigenvalue weighted by atomic mass is 10.0. The Balaban J connectivity index is 0.00000225. The Morgan fingerprint density at radius 2 is 2.08 bits per heavy atom. The Morgan fingerprint density at radius 1 is 1.32 bits per heavy atom. The second kappa shape index (κ2) is 10.00. The van der Waals surface area contributed by atoms with Crippen LogP contribution in [0, 0.1) is 0 Å². The molecular weight excluding hydrogens is 338 g/mol. The van der Waals surface area contributed by atoms with Crippen LogP contribution in [0.2, 0.25) is 0 Å². The Morgan fingerprint density at radius 3 is 2.84 bits per heavy atom. The quantitative estimate of drug-likeness (QED) is 0.811. The maximum atomic E-state index is 12.2. The van der Waals surface area contributed by atoms with Crippen LogP contribution in [0.15, 0.2) is 24.3 Å². The Hall–Kier alpha value is -1.30. The zero-order valence-corrected chi connectivity index (χ0v) is 15.8. The van der Waals surface area contributed by atoms with Crippen molar-refractivity contribution in [1.82, 2.24) is 15.5 Å². The molecule has 3 rings (SSSR count). The zero-order valence-electron chi connectivity index (χ0n) is 15.0. The van der Waals surface area contributed by atoms with E-state index >= 15 is 0 Å². The van der Waals surface area contributed by atoms with Crippen molar-refractivity contribution in [1.29, 1.82) is 0 Å². The minimum absolute atomic E-state index is 0. The van der Waals surface area contributed by atoms with E-state index in [2.05, 4.69) is 27.7 Å². The van der Waals surface area contributed by atoms with Crippen molar-refractivity contribution < 1.29 is 9.53 Å². The van der Waals surface area contributed by atoms with Gasteiger partial charge in [-0.05, 0) is 18.9 Å². The van der Waals surface area contributed by atoms with Crippen LogP contribution in [0.1, 0.15) is 43.7 Å². The SMILES string of the molecule is COc1ccccc1C1CNCCN1CCC(=O)NC1CCCC1.Cl. The molecule has 1 saturated carbocycles. The number of carbonyl (C=O) groups is 1. The Kier molecular flexibility index (Phi) is 8.00. The van der Waals surface area contributed by atoms with E-state index in [-0.39, 0.29) is 24.4 Å². The summed E-state index contributed by atoms with van der Waals surface area (Å²) in [5, 5.41) is 6.65. The maximum Gasteiger partial charge on any atom is 0.221 e. The Bertz CT molecular complexity index is 549. The van der Waals surface area contributed by atoms with Crippen LogP contribution >= 0.6 is 12.4 Å². The third kappa shape index (κ3) is 5.33. The van der Waals surface area contributed by atoms with Gasteiger partial charge in [-0.1, -0.05) is 31.0 Å². The van der Waals surface area contributed by atoms with E-state index in [1.807, 2.05) is 12.1 Å². The molecule has 2 aliphatic rings. The molecule has 2 N–H and O–H groups in total. The number of piperazine rings is 1. The molecule has 1 aliphatic carbocycles. The third-order valence-corrected chi connectivity index (χ3v) is 5.20. The fourth-order valence-corrected chi connectivity index (χ4v) is 3.88. The maximum absolute atomic E-state index is 12.2. The van der Waals surface area contributed by atoms with Gasteiger partial charge in [-0.2, -0.15) is 0 Å². The smallest absolute Gasteiger partial charge is 0.221 e. The molecule has 0 bridgehead atoms. The van der Waals surface area contributed by atoms with Crippen molar-refractivity contribution >= 4 is 18.3 Å². The minimum Gasteiger partial charge on any atom is -0.496 e. The number of carbonyl (C=O) groups excluding carboxylic acids is 1. The number of amides is 1. The van der Waals surface area contributed by atoms with Crippen LogP contribution < -0.4 is 15.4 Å². The highest BCUT2D eigenvalue weighted by atomic mass is 35.5. The summed E-state index contributed by atoms with van der Waals surface area (Å²) in [6, 6.07) is 8.85. The molecule has 1 aromatic rings. The molecule has 1 amide bonds. The van der Waals surface area contributed by atoms with Gasteiger partial charge in [-0.15, -0.1) is 12.4 Å². The number of methoxy groups -OCH3 is 1. The number of rotatable bonds is 6. The highest BCUT2D eigenvalue weighted by Gasteiger charge is 2.26. The molecule has 25 heavy (non-hydrogen) atoms. The van der Waals surface area contributed by atoms with Gasteiger partial charge in [-0.25, -0.2) is 0 Å². The van der Waals surface area contributed by atoms with Crippen LogP contribution in [-0.4, -0.2) is 50.1 Å². The molecule has 2 fully saturated rings. The standard InChI is InChI=1S/C19H29N3O2.ClH/c1-24-18-9-5-4-8-16(18)17-14-20-11-13-22(17)12-10-19(23)21-15-6-2-3-7-15;/h4-5,8-9,15,17,20H,2-3,6-7,10-14H2,1H3,(H,21,23);1H. The van der Waals surface area contributed by atoms with Crippen molar-refractivity contribution in [2.75, 3.05) is 33.3 Å². The van der Waals surface area contributed by atoms with Gasteiger partial charge in [0, 0.05) is 44.2 Å². The van der Waals surface area contributed by atoms with Gasteiger partial charge in [0.2, 0.25) is 5.91 Å². The molecule has 6 heteroatoms. The van der Waals surface area contributed by atoms with Gasteiger partial charge < -0.3 is 15.4 Å². The van der Waals surface area contributed by atoms with Crippen molar-refractivity contribution in [3.63, 3.8) is 0 Å². The number of para-hydroxylation sites is 1. The minimum atomic E-state index is 0. The highest BCUT2D eigenvalue weighted by Crippen LogP contribution is 2.30. The first kappa shape index (κ1) is 20.0. The number of hydrogen-bond donors (Lipinski definition) is 2. The van der Waals surface area contributed by atoms with Crippen LogP contribution in [0.3, 0.4) is 0 Å². The van der Waals surface area contributed by atoms with E-state index in [4.69, 9.17) is 4.74 Å². The van der Waals surface area contributed by atoms with Crippen molar-refractivity contribution in [2.45, 2.75) is 44.2 Å². The molecule has 0 radical (unpaired) electrons. The molecule has 1 atom stereocenters. The second-order valence-corrected chi connectivity index (χ2v) is 6.80. The lowest BCUT2D eigenvalue weighted by Crippen LogP contribution is -2.47. The molecule has 140 valence electrons. The first-order valence-corrected chi connectivity index (χ1v) is 9.15. The largest absolute Gasteiger partial charge is 0.496 e. The summed E-state index contributed by atoms with van der Waals surface area (Å²) >= 11 is 0. The highest BCUT2D eigenvalue weighted by molar-refractivity contribution is 5.85. The summed E-state index contributed by atoms with van der Waals surface area (Å²) in [5.74, 6) is 1.12. The Labute approximate surface area is 156 Å². The molecule has 0 aromatic heterocycles. The van der Waals surface area contributed by atoms with Crippen LogP contribution in [0.5, 0.6) is 5.75 Å². The van der Waals surface area contributed by atoms with E-state index < -0.39 is 0 Å². The predicted molar refractivity (Wildman–Crippen MR) is 102 cm³/mol. The number of benzene rings is 1. The number of nitrogens with zero attached hydrogens (tertiary/aromatic N) is 1. The van der Waals surface area contributed by atoms with Gasteiger partial charge >= 0.3 is 0 Å². The van der Waals surface area contributed by atoms with E-state index in [1.165, 1.54) is 18.4 Å². The van der Waals surface area contributed by atoms with Gasteiger partial charge in [0.05, 0.1) is 13.2 Å². The molecule has 1 unspecified atom stereocenters. The average molecular weight is 368 g/mol. The summed E-state index contributed by atoms with van der Waals surface area (Å²) in [6.45, 7) is 3.61.